The molecule has 2 rings (SSSR count). The summed E-state index contributed by atoms with van der Waals surface area (Å²) in [5.41, 5.74) is 6.74. The average Bonchev–Trinajstić information content (AvgIpc) is 2.88. The van der Waals surface area contributed by atoms with Gasteiger partial charge in [-0.3, -0.25) is 0 Å². The lowest BCUT2D eigenvalue weighted by atomic mass is 10.1. The lowest BCUT2D eigenvalue weighted by Gasteiger charge is -2.01. The molecule has 1 fully saturated rings. The van der Waals surface area contributed by atoms with Crippen LogP contribution >= 0.6 is 11.6 Å². The SMILES string of the molecule is NCC1CC1c1ccc(O)c(Cl)c1. The van der Waals surface area contributed by atoms with E-state index in [1.807, 2.05) is 12.1 Å². The zero-order valence-corrected chi connectivity index (χ0v) is 7.96. The van der Waals surface area contributed by atoms with Gasteiger partial charge in [0.2, 0.25) is 0 Å². The maximum Gasteiger partial charge on any atom is 0.134 e. The van der Waals surface area contributed by atoms with E-state index in [-0.39, 0.29) is 5.75 Å². The summed E-state index contributed by atoms with van der Waals surface area (Å²) in [6.07, 6.45) is 1.15. The molecule has 3 N–H and O–H groups in total. The van der Waals surface area contributed by atoms with Gasteiger partial charge in [-0.15, -0.1) is 0 Å². The van der Waals surface area contributed by atoms with Gasteiger partial charge in [0.05, 0.1) is 5.02 Å². The van der Waals surface area contributed by atoms with Crippen LogP contribution in [0.25, 0.3) is 0 Å². The highest BCUT2D eigenvalue weighted by atomic mass is 35.5. The molecule has 0 aromatic heterocycles. The Labute approximate surface area is 82.3 Å². The third-order valence-electron chi connectivity index (χ3n) is 2.63. The highest BCUT2D eigenvalue weighted by molar-refractivity contribution is 6.32. The van der Waals surface area contributed by atoms with E-state index in [0.29, 0.717) is 16.9 Å². The Morgan fingerprint density at radius 3 is 2.85 bits per heavy atom. The quantitative estimate of drug-likeness (QED) is 0.763. The van der Waals surface area contributed by atoms with Crippen molar-refractivity contribution in [2.45, 2.75) is 12.3 Å². The normalized spacial score (nSPS) is 26.0. The Bertz CT molecular complexity index is 327. The number of halogens is 1. The van der Waals surface area contributed by atoms with Crippen molar-refractivity contribution in [2.75, 3.05) is 6.54 Å². The Hall–Kier alpha value is -0.730. The fraction of sp³-hybridized carbons (Fsp3) is 0.400. The van der Waals surface area contributed by atoms with Crippen LogP contribution in [0.15, 0.2) is 18.2 Å². The summed E-state index contributed by atoms with van der Waals surface area (Å²) in [6.45, 7) is 0.739. The highest BCUT2D eigenvalue weighted by Gasteiger charge is 2.36. The number of rotatable bonds is 2. The van der Waals surface area contributed by atoms with E-state index in [2.05, 4.69) is 0 Å². The van der Waals surface area contributed by atoms with Gasteiger partial charge in [0.25, 0.3) is 0 Å². The summed E-state index contributed by atoms with van der Waals surface area (Å²) < 4.78 is 0. The Morgan fingerprint density at radius 1 is 1.54 bits per heavy atom. The number of hydrogen-bond donors (Lipinski definition) is 2. The molecule has 0 spiro atoms. The molecule has 1 aliphatic carbocycles. The van der Waals surface area contributed by atoms with Crippen molar-refractivity contribution in [2.24, 2.45) is 11.7 Å². The van der Waals surface area contributed by atoms with Crippen LogP contribution < -0.4 is 5.73 Å². The van der Waals surface area contributed by atoms with Crippen LogP contribution in [0.4, 0.5) is 0 Å². The standard InChI is InChI=1S/C10H12ClNO/c11-9-4-6(1-2-10(9)13)8-3-7(8)5-12/h1-2,4,7-8,13H,3,5,12H2. The van der Waals surface area contributed by atoms with Crippen LogP contribution in [0.1, 0.15) is 17.9 Å². The van der Waals surface area contributed by atoms with E-state index in [0.717, 1.165) is 13.0 Å². The molecule has 0 radical (unpaired) electrons. The summed E-state index contributed by atoms with van der Waals surface area (Å²) >= 11 is 5.80. The minimum absolute atomic E-state index is 0.148. The Kier molecular flexibility index (Phi) is 2.18. The third-order valence-corrected chi connectivity index (χ3v) is 2.93. The number of benzene rings is 1. The number of aromatic hydroxyl groups is 1. The first-order valence-corrected chi connectivity index (χ1v) is 4.78. The van der Waals surface area contributed by atoms with Gasteiger partial charge in [-0.05, 0) is 42.5 Å². The molecule has 1 aromatic rings. The molecule has 0 amide bonds. The second-order valence-electron chi connectivity index (χ2n) is 3.55. The number of phenolic OH excluding ortho intramolecular Hbond substituents is 1. The van der Waals surface area contributed by atoms with Crippen LogP contribution in [0.3, 0.4) is 0 Å². The lowest BCUT2D eigenvalue weighted by molar-refractivity contribution is 0.475. The largest absolute Gasteiger partial charge is 0.506 e. The van der Waals surface area contributed by atoms with Crippen molar-refractivity contribution in [3.8, 4) is 5.75 Å². The van der Waals surface area contributed by atoms with Gasteiger partial charge in [-0.25, -0.2) is 0 Å². The molecule has 70 valence electrons. The number of phenols is 1. The molecule has 0 aliphatic heterocycles. The predicted molar refractivity (Wildman–Crippen MR) is 53.0 cm³/mol. The molecule has 2 unspecified atom stereocenters. The molecule has 13 heavy (non-hydrogen) atoms. The first kappa shape index (κ1) is 8.85. The van der Waals surface area contributed by atoms with Gasteiger partial charge in [0.1, 0.15) is 5.75 Å². The van der Waals surface area contributed by atoms with Crippen LogP contribution in [-0.2, 0) is 0 Å². The minimum Gasteiger partial charge on any atom is -0.506 e. The van der Waals surface area contributed by atoms with Gasteiger partial charge in [-0.2, -0.15) is 0 Å². The van der Waals surface area contributed by atoms with Gasteiger partial charge >= 0.3 is 0 Å². The summed E-state index contributed by atoms with van der Waals surface area (Å²) in [6, 6.07) is 5.39. The number of nitrogens with two attached hydrogens (primary N) is 1. The van der Waals surface area contributed by atoms with E-state index in [4.69, 9.17) is 17.3 Å². The summed E-state index contributed by atoms with van der Waals surface area (Å²) in [5.74, 6) is 1.32. The van der Waals surface area contributed by atoms with Gasteiger partial charge in [0, 0.05) is 0 Å². The molecule has 0 bridgehead atoms. The van der Waals surface area contributed by atoms with Gasteiger partial charge < -0.3 is 10.8 Å². The molecule has 1 saturated carbocycles. The molecule has 1 aliphatic rings. The van der Waals surface area contributed by atoms with Gasteiger partial charge in [0.15, 0.2) is 0 Å². The first-order valence-electron chi connectivity index (χ1n) is 4.41. The molecule has 0 heterocycles. The average molecular weight is 198 g/mol. The van der Waals surface area contributed by atoms with Crippen molar-refractivity contribution in [1.82, 2.24) is 0 Å². The molecule has 3 heteroatoms. The van der Waals surface area contributed by atoms with E-state index in [1.54, 1.807) is 6.07 Å². The molecule has 2 nitrogen and oxygen atoms in total. The predicted octanol–water partition coefficient (Wildman–Crippen LogP) is 2.11. The fourth-order valence-corrected chi connectivity index (χ4v) is 1.86. The van der Waals surface area contributed by atoms with Crippen molar-refractivity contribution < 1.29 is 5.11 Å². The van der Waals surface area contributed by atoms with Crippen LogP contribution in [0.2, 0.25) is 5.02 Å². The third kappa shape index (κ3) is 1.64. The van der Waals surface area contributed by atoms with Crippen molar-refractivity contribution >= 4 is 11.6 Å². The topological polar surface area (TPSA) is 46.2 Å². The van der Waals surface area contributed by atoms with Crippen LogP contribution in [0, 0.1) is 5.92 Å². The van der Waals surface area contributed by atoms with E-state index >= 15 is 0 Å². The van der Waals surface area contributed by atoms with Crippen molar-refractivity contribution in [1.29, 1.82) is 0 Å². The summed E-state index contributed by atoms with van der Waals surface area (Å²) in [4.78, 5) is 0. The summed E-state index contributed by atoms with van der Waals surface area (Å²) in [7, 11) is 0. The molecule has 1 aromatic carbocycles. The lowest BCUT2D eigenvalue weighted by Crippen LogP contribution is -2.01. The zero-order chi connectivity index (χ0) is 9.42. The molecular weight excluding hydrogens is 186 g/mol. The highest BCUT2D eigenvalue weighted by Crippen LogP contribution is 2.47. The Balaban J connectivity index is 2.19. The van der Waals surface area contributed by atoms with Gasteiger partial charge in [-0.1, -0.05) is 17.7 Å². The maximum absolute atomic E-state index is 9.21. The molecule has 0 saturated heterocycles. The second kappa shape index (κ2) is 3.20. The zero-order valence-electron chi connectivity index (χ0n) is 7.20. The van der Waals surface area contributed by atoms with Crippen molar-refractivity contribution in [3.63, 3.8) is 0 Å². The monoisotopic (exact) mass is 197 g/mol. The number of hydrogen-bond acceptors (Lipinski definition) is 2. The fourth-order valence-electron chi connectivity index (χ4n) is 1.67. The van der Waals surface area contributed by atoms with E-state index < -0.39 is 0 Å². The maximum atomic E-state index is 9.21. The smallest absolute Gasteiger partial charge is 0.134 e. The Morgan fingerprint density at radius 2 is 2.31 bits per heavy atom. The first-order chi connectivity index (χ1) is 6.22. The van der Waals surface area contributed by atoms with Crippen molar-refractivity contribution in [3.05, 3.63) is 28.8 Å². The second-order valence-corrected chi connectivity index (χ2v) is 3.96. The minimum atomic E-state index is 0.148. The summed E-state index contributed by atoms with van der Waals surface area (Å²) in [5, 5.41) is 9.64. The van der Waals surface area contributed by atoms with E-state index in [1.165, 1.54) is 5.56 Å². The molecule has 2 atom stereocenters. The molecular formula is C10H12ClNO. The van der Waals surface area contributed by atoms with Crippen LogP contribution in [-0.4, -0.2) is 11.7 Å². The van der Waals surface area contributed by atoms with Crippen LogP contribution in [0.5, 0.6) is 5.75 Å². The van der Waals surface area contributed by atoms with E-state index in [9.17, 15) is 5.11 Å².